The molecule has 0 unspecified atom stereocenters. The van der Waals surface area contributed by atoms with Crippen molar-refractivity contribution in [3.63, 3.8) is 0 Å². The van der Waals surface area contributed by atoms with E-state index >= 15 is 0 Å². The van der Waals surface area contributed by atoms with Crippen LogP contribution in [0.3, 0.4) is 0 Å². The molecule has 0 fully saturated rings. The molecule has 0 aliphatic carbocycles. The van der Waals surface area contributed by atoms with E-state index in [0.29, 0.717) is 23.6 Å². The van der Waals surface area contributed by atoms with Crippen molar-refractivity contribution in [1.29, 1.82) is 0 Å². The highest BCUT2D eigenvalue weighted by molar-refractivity contribution is 5.95. The second-order valence-electron chi connectivity index (χ2n) is 4.42. The first-order valence-electron chi connectivity index (χ1n) is 6.39. The minimum atomic E-state index is -0.752. The molecule has 1 aromatic heterocycles. The normalized spacial score (nSPS) is 10.7. The average molecular weight is 295 g/mol. The number of nitrogens with one attached hydrogen (secondary N) is 1. The zero-order valence-corrected chi connectivity index (χ0v) is 11.9. The molecule has 1 amide bonds. The fraction of sp³-hybridized carbons (Fsp3) is 0.286. The van der Waals surface area contributed by atoms with E-state index in [4.69, 9.17) is 4.84 Å². The van der Waals surface area contributed by atoms with E-state index in [1.54, 1.807) is 20.8 Å². The number of carbonyl (C=O) groups is 1. The van der Waals surface area contributed by atoms with Crippen LogP contribution >= 0.6 is 0 Å². The second-order valence-corrected chi connectivity index (χ2v) is 4.42. The molecule has 0 aliphatic heterocycles. The Morgan fingerprint density at radius 3 is 2.71 bits per heavy atom. The number of carbonyl (C=O) groups excluding carboxylic acids is 1. The van der Waals surface area contributed by atoms with Crippen molar-refractivity contribution in [3.8, 4) is 5.69 Å². The molecule has 7 heteroatoms. The summed E-state index contributed by atoms with van der Waals surface area (Å²) in [7, 11) is 0. The summed E-state index contributed by atoms with van der Waals surface area (Å²) in [5.74, 6) is -1.88. The van der Waals surface area contributed by atoms with Gasteiger partial charge in [0, 0.05) is 6.07 Å². The van der Waals surface area contributed by atoms with Crippen molar-refractivity contribution in [1.82, 2.24) is 15.3 Å². The van der Waals surface area contributed by atoms with Gasteiger partial charge in [-0.1, -0.05) is 0 Å². The van der Waals surface area contributed by atoms with E-state index in [1.807, 2.05) is 0 Å². The fourth-order valence-electron chi connectivity index (χ4n) is 2.05. The van der Waals surface area contributed by atoms with Crippen molar-refractivity contribution in [2.75, 3.05) is 6.61 Å². The Labute approximate surface area is 120 Å². The van der Waals surface area contributed by atoms with Crippen LogP contribution in [-0.2, 0) is 4.84 Å². The van der Waals surface area contributed by atoms with Crippen LogP contribution in [-0.4, -0.2) is 22.3 Å². The SMILES string of the molecule is CCONC(=O)c1c(C)nn(-c2ccc(F)cc2F)c1C. The number of rotatable bonds is 4. The van der Waals surface area contributed by atoms with Crippen LogP contribution in [0, 0.1) is 25.5 Å². The maximum atomic E-state index is 13.8. The summed E-state index contributed by atoms with van der Waals surface area (Å²) < 4.78 is 28.1. The Hall–Kier alpha value is -2.28. The molecule has 0 saturated carbocycles. The van der Waals surface area contributed by atoms with E-state index < -0.39 is 17.5 Å². The monoisotopic (exact) mass is 295 g/mol. The number of hydroxylamine groups is 1. The molecular weight excluding hydrogens is 280 g/mol. The maximum absolute atomic E-state index is 13.8. The summed E-state index contributed by atoms with van der Waals surface area (Å²) in [6, 6.07) is 3.18. The zero-order valence-electron chi connectivity index (χ0n) is 11.9. The van der Waals surface area contributed by atoms with Crippen molar-refractivity contribution >= 4 is 5.91 Å². The Bertz CT molecular complexity index is 683. The van der Waals surface area contributed by atoms with Crippen molar-refractivity contribution < 1.29 is 18.4 Å². The molecule has 0 atom stereocenters. The van der Waals surface area contributed by atoms with Crippen LogP contribution in [0.5, 0.6) is 0 Å². The lowest BCUT2D eigenvalue weighted by molar-refractivity contribution is 0.0363. The third-order valence-corrected chi connectivity index (χ3v) is 2.97. The van der Waals surface area contributed by atoms with Crippen LogP contribution in [0.4, 0.5) is 8.78 Å². The van der Waals surface area contributed by atoms with Gasteiger partial charge < -0.3 is 0 Å². The summed E-state index contributed by atoms with van der Waals surface area (Å²) in [4.78, 5) is 16.8. The minimum absolute atomic E-state index is 0.0764. The maximum Gasteiger partial charge on any atom is 0.278 e. The van der Waals surface area contributed by atoms with Gasteiger partial charge in [-0.3, -0.25) is 9.63 Å². The van der Waals surface area contributed by atoms with Crippen LogP contribution in [0.25, 0.3) is 5.69 Å². The van der Waals surface area contributed by atoms with E-state index in [9.17, 15) is 13.6 Å². The first kappa shape index (κ1) is 15.1. The molecule has 0 bridgehead atoms. The van der Waals surface area contributed by atoms with Gasteiger partial charge in [-0.15, -0.1) is 0 Å². The van der Waals surface area contributed by atoms with Crippen LogP contribution in [0.2, 0.25) is 0 Å². The van der Waals surface area contributed by atoms with Crippen molar-refractivity contribution in [3.05, 3.63) is 46.8 Å². The number of aromatic nitrogens is 2. The van der Waals surface area contributed by atoms with Gasteiger partial charge in [-0.25, -0.2) is 18.9 Å². The summed E-state index contributed by atoms with van der Waals surface area (Å²) in [6.45, 7) is 5.32. The fourth-order valence-corrected chi connectivity index (χ4v) is 2.05. The Balaban J connectivity index is 2.45. The van der Waals surface area contributed by atoms with Crippen molar-refractivity contribution in [2.24, 2.45) is 0 Å². The van der Waals surface area contributed by atoms with Gasteiger partial charge in [-0.05, 0) is 32.9 Å². The smallest absolute Gasteiger partial charge is 0.274 e. The molecule has 1 N–H and O–H groups in total. The number of amides is 1. The molecule has 5 nitrogen and oxygen atoms in total. The largest absolute Gasteiger partial charge is 0.278 e. The Morgan fingerprint density at radius 1 is 1.38 bits per heavy atom. The van der Waals surface area contributed by atoms with E-state index in [2.05, 4.69) is 10.6 Å². The quantitative estimate of drug-likeness (QED) is 0.881. The molecule has 112 valence electrons. The second kappa shape index (κ2) is 6.01. The summed E-state index contributed by atoms with van der Waals surface area (Å²) in [6.07, 6.45) is 0. The summed E-state index contributed by atoms with van der Waals surface area (Å²) in [5, 5.41) is 4.14. The lowest BCUT2D eigenvalue weighted by Crippen LogP contribution is -2.24. The molecule has 1 heterocycles. The molecule has 2 rings (SSSR count). The molecular formula is C14H15F2N3O2. The first-order valence-corrected chi connectivity index (χ1v) is 6.39. The molecule has 0 saturated heterocycles. The predicted molar refractivity (Wildman–Crippen MR) is 72.0 cm³/mol. The minimum Gasteiger partial charge on any atom is -0.274 e. The van der Waals surface area contributed by atoms with Crippen LogP contribution < -0.4 is 5.48 Å². The molecule has 21 heavy (non-hydrogen) atoms. The summed E-state index contributed by atoms with van der Waals surface area (Å²) >= 11 is 0. The zero-order chi connectivity index (χ0) is 15.6. The van der Waals surface area contributed by atoms with Crippen LogP contribution in [0.1, 0.15) is 28.7 Å². The van der Waals surface area contributed by atoms with Crippen LogP contribution in [0.15, 0.2) is 18.2 Å². The third-order valence-electron chi connectivity index (χ3n) is 2.97. The first-order chi connectivity index (χ1) is 9.95. The number of nitrogens with zero attached hydrogens (tertiary/aromatic N) is 2. The van der Waals surface area contributed by atoms with E-state index in [0.717, 1.165) is 12.1 Å². The van der Waals surface area contributed by atoms with E-state index in [1.165, 1.54) is 10.7 Å². The average Bonchev–Trinajstić information content (AvgIpc) is 2.71. The molecule has 0 spiro atoms. The van der Waals surface area contributed by atoms with Gasteiger partial charge in [0.2, 0.25) is 0 Å². The number of hydrogen-bond acceptors (Lipinski definition) is 3. The topological polar surface area (TPSA) is 56.1 Å². The van der Waals surface area contributed by atoms with Gasteiger partial charge in [-0.2, -0.15) is 5.10 Å². The van der Waals surface area contributed by atoms with Gasteiger partial charge in [0.05, 0.1) is 23.6 Å². The lowest BCUT2D eigenvalue weighted by Gasteiger charge is -2.07. The molecule has 1 aromatic carbocycles. The number of benzene rings is 1. The highest BCUT2D eigenvalue weighted by atomic mass is 19.1. The molecule has 0 aliphatic rings. The van der Waals surface area contributed by atoms with Gasteiger partial charge in [0.15, 0.2) is 5.82 Å². The Kier molecular flexibility index (Phi) is 4.32. The highest BCUT2D eigenvalue weighted by Gasteiger charge is 2.21. The van der Waals surface area contributed by atoms with Gasteiger partial charge >= 0.3 is 0 Å². The number of hydrogen-bond donors (Lipinski definition) is 1. The third kappa shape index (κ3) is 2.92. The number of aryl methyl sites for hydroxylation is 1. The van der Waals surface area contributed by atoms with Gasteiger partial charge in [0.1, 0.15) is 11.5 Å². The predicted octanol–water partition coefficient (Wildman–Crippen LogP) is 2.45. The highest BCUT2D eigenvalue weighted by Crippen LogP contribution is 2.20. The summed E-state index contributed by atoms with van der Waals surface area (Å²) in [5.41, 5.74) is 3.51. The Morgan fingerprint density at radius 2 is 2.10 bits per heavy atom. The van der Waals surface area contributed by atoms with E-state index in [-0.39, 0.29) is 5.69 Å². The molecule has 2 aromatic rings. The molecule has 0 radical (unpaired) electrons. The standard InChI is InChI=1S/C14H15F2N3O2/c1-4-21-18-14(20)13-8(2)17-19(9(13)3)12-6-5-10(15)7-11(12)16/h5-7H,4H2,1-3H3,(H,18,20). The van der Waals surface area contributed by atoms with Crippen molar-refractivity contribution in [2.45, 2.75) is 20.8 Å². The lowest BCUT2D eigenvalue weighted by atomic mass is 10.2. The number of halogens is 2. The van der Waals surface area contributed by atoms with Gasteiger partial charge in [0.25, 0.3) is 5.91 Å².